The minimum absolute atomic E-state index is 0.0856. The van der Waals surface area contributed by atoms with Gasteiger partial charge in [-0.15, -0.1) is 0 Å². The fraction of sp³-hybridized carbons (Fsp3) is 0.269. The van der Waals surface area contributed by atoms with Gasteiger partial charge in [-0.1, -0.05) is 30.3 Å². The van der Waals surface area contributed by atoms with Crippen molar-refractivity contribution in [2.24, 2.45) is 0 Å². The summed E-state index contributed by atoms with van der Waals surface area (Å²) >= 11 is 0. The van der Waals surface area contributed by atoms with Crippen LogP contribution in [-0.2, 0) is 16.0 Å². The van der Waals surface area contributed by atoms with Gasteiger partial charge >= 0.3 is 5.97 Å². The number of amides is 1. The molecule has 1 atom stereocenters. The highest BCUT2D eigenvalue weighted by Gasteiger charge is 2.27. The molecule has 1 aliphatic rings. The number of carbonyl (C=O) groups is 3. The molecule has 0 saturated heterocycles. The summed E-state index contributed by atoms with van der Waals surface area (Å²) in [5.74, 6) is -2.29. The molecule has 7 nitrogen and oxygen atoms in total. The lowest BCUT2D eigenvalue weighted by atomic mass is 9.78. The van der Waals surface area contributed by atoms with E-state index in [1.807, 2.05) is 30.3 Å². The summed E-state index contributed by atoms with van der Waals surface area (Å²) in [6.45, 7) is 0. The highest BCUT2D eigenvalue weighted by atomic mass is 16.4. The van der Waals surface area contributed by atoms with Crippen LogP contribution in [0.15, 0.2) is 67.3 Å². The maximum atomic E-state index is 12.9. The van der Waals surface area contributed by atoms with Crippen molar-refractivity contribution in [2.75, 3.05) is 0 Å². The number of rotatable bonds is 8. The van der Waals surface area contributed by atoms with Crippen molar-refractivity contribution in [3.63, 3.8) is 0 Å². The van der Waals surface area contributed by atoms with E-state index in [1.165, 1.54) is 0 Å². The Morgan fingerprint density at radius 2 is 1.70 bits per heavy atom. The number of aliphatic carboxylic acids is 1. The molecule has 1 aromatic carbocycles. The quantitative estimate of drug-likeness (QED) is 0.404. The van der Waals surface area contributed by atoms with Crippen LogP contribution in [0.4, 0.5) is 0 Å². The smallest absolute Gasteiger partial charge is 0.377 e. The number of carboxylic acids is 1. The van der Waals surface area contributed by atoms with Gasteiger partial charge in [-0.05, 0) is 66.0 Å². The Kier molecular flexibility index (Phi) is 6.88. The molecule has 1 unspecified atom stereocenters. The Labute approximate surface area is 191 Å². The van der Waals surface area contributed by atoms with Gasteiger partial charge in [0.05, 0.1) is 6.04 Å². The summed E-state index contributed by atoms with van der Waals surface area (Å²) in [5, 5.41) is 12.2. The number of aromatic nitrogens is 2. The highest BCUT2D eigenvalue weighted by Crippen LogP contribution is 2.36. The molecule has 2 N–H and O–H groups in total. The van der Waals surface area contributed by atoms with Crippen LogP contribution in [0.5, 0.6) is 0 Å². The number of hydrogen-bond acceptors (Lipinski definition) is 5. The van der Waals surface area contributed by atoms with Crippen molar-refractivity contribution in [1.82, 2.24) is 15.3 Å². The maximum absolute atomic E-state index is 12.9. The maximum Gasteiger partial charge on any atom is 0.377 e. The lowest BCUT2D eigenvalue weighted by Crippen LogP contribution is -2.29. The van der Waals surface area contributed by atoms with Gasteiger partial charge in [0.15, 0.2) is 0 Å². The Morgan fingerprint density at radius 1 is 1.00 bits per heavy atom. The monoisotopic (exact) mass is 443 g/mol. The molecule has 33 heavy (non-hydrogen) atoms. The van der Waals surface area contributed by atoms with Gasteiger partial charge in [-0.3, -0.25) is 19.6 Å². The number of carbonyl (C=O) groups excluding carboxylic acids is 2. The minimum atomic E-state index is -1.44. The predicted molar refractivity (Wildman–Crippen MR) is 122 cm³/mol. The molecule has 0 fully saturated rings. The van der Waals surface area contributed by atoms with Crippen LogP contribution < -0.4 is 5.32 Å². The molecule has 0 radical (unpaired) electrons. The summed E-state index contributed by atoms with van der Waals surface area (Å²) in [6.07, 6.45) is 10.2. The molecule has 4 rings (SSSR count). The molecule has 0 saturated carbocycles. The third-order valence-corrected chi connectivity index (χ3v) is 6.13. The van der Waals surface area contributed by atoms with E-state index in [2.05, 4.69) is 15.3 Å². The number of carboxylic acid groups (broad SMARTS) is 1. The van der Waals surface area contributed by atoms with E-state index in [1.54, 1.807) is 36.9 Å². The fourth-order valence-corrected chi connectivity index (χ4v) is 4.57. The lowest BCUT2D eigenvalue weighted by Gasteiger charge is -2.27. The average molecular weight is 444 g/mol. The molecular weight excluding hydrogens is 418 g/mol. The minimum Gasteiger partial charge on any atom is -0.475 e. The predicted octanol–water partition coefficient (Wildman–Crippen LogP) is 3.85. The molecule has 168 valence electrons. The number of nitrogens with zero attached hydrogens (tertiary/aromatic N) is 2. The van der Waals surface area contributed by atoms with Gasteiger partial charge in [-0.25, -0.2) is 4.79 Å². The first-order valence-corrected chi connectivity index (χ1v) is 11.0. The van der Waals surface area contributed by atoms with Gasteiger partial charge in [-0.2, -0.15) is 0 Å². The van der Waals surface area contributed by atoms with E-state index in [9.17, 15) is 14.4 Å². The zero-order valence-corrected chi connectivity index (χ0v) is 18.1. The molecule has 0 aliphatic heterocycles. The molecular formula is C26H25N3O4. The van der Waals surface area contributed by atoms with E-state index in [-0.39, 0.29) is 23.4 Å². The molecule has 3 aromatic rings. The zero-order valence-electron chi connectivity index (χ0n) is 18.1. The molecule has 2 aromatic heterocycles. The van der Waals surface area contributed by atoms with E-state index in [0.29, 0.717) is 19.3 Å². The molecule has 1 amide bonds. The van der Waals surface area contributed by atoms with Gasteiger partial charge < -0.3 is 10.4 Å². The van der Waals surface area contributed by atoms with E-state index in [0.717, 1.165) is 35.1 Å². The average Bonchev–Trinajstić information content (AvgIpc) is 2.86. The number of Topliss-reactive ketones (excluding diaryl/α,β-unsaturated/α-hetero) is 1. The van der Waals surface area contributed by atoms with Crippen LogP contribution in [0.25, 0.3) is 0 Å². The van der Waals surface area contributed by atoms with Crippen LogP contribution in [0.3, 0.4) is 0 Å². The van der Waals surface area contributed by atoms with E-state index < -0.39 is 11.8 Å². The van der Waals surface area contributed by atoms with Crippen LogP contribution >= 0.6 is 0 Å². The van der Waals surface area contributed by atoms with Gasteiger partial charge in [0, 0.05) is 36.8 Å². The first kappa shape index (κ1) is 22.3. The van der Waals surface area contributed by atoms with E-state index in [4.69, 9.17) is 5.11 Å². The molecule has 0 bridgehead atoms. The second-order valence-electron chi connectivity index (χ2n) is 8.21. The third-order valence-electron chi connectivity index (χ3n) is 6.13. The van der Waals surface area contributed by atoms with Crippen LogP contribution in [0, 0.1) is 0 Å². The fourth-order valence-electron chi connectivity index (χ4n) is 4.57. The second kappa shape index (κ2) is 10.2. The molecule has 0 spiro atoms. The summed E-state index contributed by atoms with van der Waals surface area (Å²) in [4.78, 5) is 44.6. The van der Waals surface area contributed by atoms with Crippen LogP contribution in [0.2, 0.25) is 0 Å². The third kappa shape index (κ3) is 5.14. The van der Waals surface area contributed by atoms with Crippen molar-refractivity contribution in [3.05, 3.63) is 95.1 Å². The highest BCUT2D eigenvalue weighted by molar-refractivity contribution is 6.40. The molecule has 7 heteroatoms. The number of nitrogens with one attached hydrogen (secondary N) is 1. The van der Waals surface area contributed by atoms with Crippen LogP contribution in [-0.4, -0.2) is 32.7 Å². The van der Waals surface area contributed by atoms with Crippen molar-refractivity contribution >= 4 is 17.7 Å². The van der Waals surface area contributed by atoms with E-state index >= 15 is 0 Å². The number of hydrogen-bond donors (Lipinski definition) is 2. The molecule has 2 heterocycles. The largest absolute Gasteiger partial charge is 0.475 e. The standard InChI is InChI=1S/C26H25N3O4/c30-23(29-24(18-6-3-13-27-15-18)19-7-4-14-28-16-19)12-11-17-5-1-9-21-20(17)8-2-10-22(21)25(31)26(32)33/h2-4,6-8,10,13-17,24H,1,5,9,11-12H2,(H,29,30)(H,32,33). The summed E-state index contributed by atoms with van der Waals surface area (Å²) in [5.41, 5.74) is 3.81. The van der Waals surface area contributed by atoms with Crippen molar-refractivity contribution < 1.29 is 19.5 Å². The topological polar surface area (TPSA) is 109 Å². The zero-order chi connectivity index (χ0) is 23.2. The SMILES string of the molecule is O=C(CCC1CCCc2c(C(=O)C(=O)O)cccc21)NC(c1cccnc1)c1cccnc1. The number of pyridine rings is 2. The normalized spacial score (nSPS) is 15.0. The van der Waals surface area contributed by atoms with Crippen molar-refractivity contribution in [1.29, 1.82) is 0 Å². The Hall–Kier alpha value is -3.87. The Bertz CT molecular complexity index is 1110. The second-order valence-corrected chi connectivity index (χ2v) is 8.21. The Morgan fingerprint density at radius 3 is 2.30 bits per heavy atom. The summed E-state index contributed by atoms with van der Waals surface area (Å²) < 4.78 is 0. The number of benzene rings is 1. The number of fused-ring (bicyclic) bond motifs is 1. The van der Waals surface area contributed by atoms with Crippen LogP contribution in [0.1, 0.15) is 70.3 Å². The Balaban J connectivity index is 1.48. The first-order chi connectivity index (χ1) is 16.0. The van der Waals surface area contributed by atoms with Gasteiger partial charge in [0.25, 0.3) is 5.78 Å². The lowest BCUT2D eigenvalue weighted by molar-refractivity contribution is -0.131. The summed E-state index contributed by atoms with van der Waals surface area (Å²) in [7, 11) is 0. The van der Waals surface area contributed by atoms with Crippen molar-refractivity contribution in [2.45, 2.75) is 44.1 Å². The number of ketones is 1. The summed E-state index contributed by atoms with van der Waals surface area (Å²) in [6, 6.07) is 12.4. The first-order valence-electron chi connectivity index (χ1n) is 11.0. The van der Waals surface area contributed by atoms with Crippen molar-refractivity contribution in [3.8, 4) is 0 Å². The molecule has 1 aliphatic carbocycles. The van der Waals surface area contributed by atoms with Gasteiger partial charge in [0.2, 0.25) is 5.91 Å². The van der Waals surface area contributed by atoms with Gasteiger partial charge in [0.1, 0.15) is 0 Å².